The molecule has 1 rings (SSSR count). The lowest BCUT2D eigenvalue weighted by atomic mass is 10.1. The minimum atomic E-state index is 0.914. The minimum Gasteiger partial charge on any atom is -0.316 e. The zero-order valence-corrected chi connectivity index (χ0v) is 8.41. The monoisotopic (exact) mass is 173 g/mol. The van der Waals surface area contributed by atoms with Crippen molar-refractivity contribution in [2.24, 2.45) is 11.8 Å². The first-order chi connectivity index (χ1) is 5.34. The quantitative estimate of drug-likeness (QED) is 0.616. The summed E-state index contributed by atoms with van der Waals surface area (Å²) in [6, 6.07) is 0. The van der Waals surface area contributed by atoms with Crippen molar-refractivity contribution in [3.05, 3.63) is 0 Å². The molecule has 1 atom stereocenters. The number of hydrogen-bond donors (Lipinski definition) is 1. The molecule has 0 radical (unpaired) electrons. The average Bonchev–Trinajstić information content (AvgIpc) is 2.79. The van der Waals surface area contributed by atoms with Gasteiger partial charge in [-0.3, -0.25) is 0 Å². The van der Waals surface area contributed by atoms with Crippen LogP contribution in [-0.2, 0) is 0 Å². The predicted molar refractivity (Wildman–Crippen MR) is 53.1 cm³/mol. The maximum atomic E-state index is 3.49. The molecule has 0 amide bonds. The van der Waals surface area contributed by atoms with E-state index in [1.807, 2.05) is 11.8 Å². The lowest BCUT2D eigenvalue weighted by Crippen LogP contribution is -2.24. The molecule has 0 spiro atoms. The van der Waals surface area contributed by atoms with Gasteiger partial charge < -0.3 is 5.32 Å². The highest BCUT2D eigenvalue weighted by molar-refractivity contribution is 7.98. The van der Waals surface area contributed by atoms with Crippen LogP contribution in [0.4, 0.5) is 0 Å². The summed E-state index contributed by atoms with van der Waals surface area (Å²) in [5.41, 5.74) is 0. The molecule has 0 saturated heterocycles. The van der Waals surface area contributed by atoms with Crippen molar-refractivity contribution in [1.82, 2.24) is 5.32 Å². The largest absolute Gasteiger partial charge is 0.316 e. The van der Waals surface area contributed by atoms with E-state index in [1.54, 1.807) is 0 Å². The van der Waals surface area contributed by atoms with Crippen LogP contribution in [0.1, 0.15) is 19.8 Å². The molecule has 11 heavy (non-hydrogen) atoms. The summed E-state index contributed by atoms with van der Waals surface area (Å²) < 4.78 is 0. The van der Waals surface area contributed by atoms with Gasteiger partial charge in [0.15, 0.2) is 0 Å². The number of thioether (sulfide) groups is 1. The summed E-state index contributed by atoms with van der Waals surface area (Å²) in [5, 5.41) is 3.49. The summed E-state index contributed by atoms with van der Waals surface area (Å²) in [4.78, 5) is 0. The maximum absolute atomic E-state index is 3.49. The average molecular weight is 173 g/mol. The van der Waals surface area contributed by atoms with Crippen molar-refractivity contribution < 1.29 is 0 Å². The van der Waals surface area contributed by atoms with Gasteiger partial charge >= 0.3 is 0 Å². The molecule has 1 aliphatic carbocycles. The highest BCUT2D eigenvalue weighted by Gasteiger charge is 2.26. The van der Waals surface area contributed by atoms with Gasteiger partial charge in [0.1, 0.15) is 0 Å². The molecular weight excluding hydrogens is 154 g/mol. The Balaban J connectivity index is 1.85. The Morgan fingerprint density at radius 3 is 2.82 bits per heavy atom. The van der Waals surface area contributed by atoms with Crippen LogP contribution >= 0.6 is 11.8 Å². The van der Waals surface area contributed by atoms with Crippen molar-refractivity contribution in [3.63, 3.8) is 0 Å². The summed E-state index contributed by atoms with van der Waals surface area (Å²) >= 11 is 1.91. The molecule has 1 N–H and O–H groups in total. The second kappa shape index (κ2) is 5.04. The van der Waals surface area contributed by atoms with Gasteiger partial charge in [-0.15, -0.1) is 0 Å². The van der Waals surface area contributed by atoms with E-state index in [0.29, 0.717) is 0 Å². The first kappa shape index (κ1) is 9.40. The molecule has 0 aromatic rings. The van der Waals surface area contributed by atoms with Crippen LogP contribution in [0, 0.1) is 11.8 Å². The van der Waals surface area contributed by atoms with Crippen LogP contribution in [0.25, 0.3) is 0 Å². The summed E-state index contributed by atoms with van der Waals surface area (Å²) in [6.45, 7) is 4.77. The van der Waals surface area contributed by atoms with Crippen molar-refractivity contribution in [3.8, 4) is 0 Å². The number of rotatable bonds is 6. The van der Waals surface area contributed by atoms with Gasteiger partial charge in [-0.25, -0.2) is 0 Å². The molecule has 1 unspecified atom stereocenters. The zero-order valence-electron chi connectivity index (χ0n) is 7.60. The molecule has 1 fully saturated rings. The molecule has 0 aromatic heterocycles. The summed E-state index contributed by atoms with van der Waals surface area (Å²) in [6.07, 6.45) is 5.11. The summed E-state index contributed by atoms with van der Waals surface area (Å²) in [7, 11) is 0. The van der Waals surface area contributed by atoms with E-state index in [1.165, 1.54) is 31.7 Å². The topological polar surface area (TPSA) is 12.0 Å². The first-order valence-corrected chi connectivity index (χ1v) is 5.93. The molecule has 0 bridgehead atoms. The third-order valence-electron chi connectivity index (χ3n) is 2.38. The van der Waals surface area contributed by atoms with Gasteiger partial charge in [-0.2, -0.15) is 11.8 Å². The predicted octanol–water partition coefficient (Wildman–Crippen LogP) is 1.99. The van der Waals surface area contributed by atoms with E-state index >= 15 is 0 Å². The van der Waals surface area contributed by atoms with Crippen molar-refractivity contribution in [2.45, 2.75) is 19.8 Å². The fourth-order valence-electron chi connectivity index (χ4n) is 1.34. The molecule has 0 aliphatic heterocycles. The SMILES string of the molecule is CSCCNCC(C)C1CC1. The lowest BCUT2D eigenvalue weighted by molar-refractivity contribution is 0.470. The number of hydrogen-bond acceptors (Lipinski definition) is 2. The molecule has 0 aromatic carbocycles. The van der Waals surface area contributed by atoms with Gasteiger partial charge in [0.2, 0.25) is 0 Å². The van der Waals surface area contributed by atoms with E-state index in [4.69, 9.17) is 0 Å². The Labute approximate surface area is 74.3 Å². The molecule has 1 nitrogen and oxygen atoms in total. The normalized spacial score (nSPS) is 20.2. The Morgan fingerprint density at radius 1 is 1.55 bits per heavy atom. The third kappa shape index (κ3) is 4.02. The Hall–Kier alpha value is 0.310. The second-order valence-corrected chi connectivity index (χ2v) is 4.50. The van der Waals surface area contributed by atoms with E-state index in [0.717, 1.165) is 11.8 Å². The van der Waals surface area contributed by atoms with Gasteiger partial charge in [-0.1, -0.05) is 6.92 Å². The standard InChI is InChI=1S/C9H19NS/c1-8(9-3-4-9)7-10-5-6-11-2/h8-10H,3-7H2,1-2H3. The van der Waals surface area contributed by atoms with E-state index in [9.17, 15) is 0 Å². The van der Waals surface area contributed by atoms with Crippen LogP contribution in [-0.4, -0.2) is 25.1 Å². The maximum Gasteiger partial charge on any atom is 0.00553 e. The molecule has 1 aliphatic rings. The first-order valence-electron chi connectivity index (χ1n) is 4.54. The lowest BCUT2D eigenvalue weighted by Gasteiger charge is -2.10. The van der Waals surface area contributed by atoms with E-state index < -0.39 is 0 Å². The third-order valence-corrected chi connectivity index (χ3v) is 2.99. The fraction of sp³-hybridized carbons (Fsp3) is 1.00. The number of nitrogens with one attached hydrogen (secondary N) is 1. The van der Waals surface area contributed by atoms with Crippen LogP contribution in [0.5, 0.6) is 0 Å². The van der Waals surface area contributed by atoms with E-state index in [-0.39, 0.29) is 0 Å². The van der Waals surface area contributed by atoms with Gasteiger partial charge in [0.25, 0.3) is 0 Å². The smallest absolute Gasteiger partial charge is 0.00553 e. The molecule has 66 valence electrons. The Bertz CT molecular complexity index is 102. The Morgan fingerprint density at radius 2 is 2.27 bits per heavy atom. The Kier molecular flexibility index (Phi) is 4.31. The summed E-state index contributed by atoms with van der Waals surface area (Å²) in [5.74, 6) is 3.21. The molecule has 2 heteroatoms. The van der Waals surface area contributed by atoms with Crippen LogP contribution in [0.15, 0.2) is 0 Å². The van der Waals surface area contributed by atoms with Gasteiger partial charge in [-0.05, 0) is 37.5 Å². The molecule has 1 saturated carbocycles. The van der Waals surface area contributed by atoms with Crippen molar-refractivity contribution in [2.75, 3.05) is 25.1 Å². The molecule has 0 heterocycles. The zero-order chi connectivity index (χ0) is 8.10. The van der Waals surface area contributed by atoms with E-state index in [2.05, 4.69) is 18.5 Å². The van der Waals surface area contributed by atoms with Crippen LogP contribution < -0.4 is 5.32 Å². The van der Waals surface area contributed by atoms with Crippen LogP contribution in [0.2, 0.25) is 0 Å². The molecular formula is C9H19NS. The van der Waals surface area contributed by atoms with Gasteiger partial charge in [0.05, 0.1) is 0 Å². The van der Waals surface area contributed by atoms with Gasteiger partial charge in [0, 0.05) is 12.3 Å². The van der Waals surface area contributed by atoms with Crippen molar-refractivity contribution >= 4 is 11.8 Å². The van der Waals surface area contributed by atoms with Crippen LogP contribution in [0.3, 0.4) is 0 Å². The highest BCUT2D eigenvalue weighted by Crippen LogP contribution is 2.35. The minimum absolute atomic E-state index is 0.914. The second-order valence-electron chi connectivity index (χ2n) is 3.51. The highest BCUT2D eigenvalue weighted by atomic mass is 32.2. The fourth-order valence-corrected chi connectivity index (χ4v) is 1.68. The van der Waals surface area contributed by atoms with Crippen molar-refractivity contribution in [1.29, 1.82) is 0 Å².